The summed E-state index contributed by atoms with van der Waals surface area (Å²) >= 11 is 2.89. The highest BCUT2D eigenvalue weighted by atomic mass is 32.2. The van der Waals surface area contributed by atoms with Crippen LogP contribution in [0.3, 0.4) is 0 Å². The molecule has 0 aromatic carbocycles. The second-order valence-corrected chi connectivity index (χ2v) is 7.94. The van der Waals surface area contributed by atoms with Crippen molar-refractivity contribution in [3.63, 3.8) is 0 Å². The number of rotatable bonds is 8. The predicted molar refractivity (Wildman–Crippen MR) is 100 cm³/mol. The van der Waals surface area contributed by atoms with Crippen LogP contribution in [0.1, 0.15) is 36.3 Å². The first-order valence-corrected chi connectivity index (χ1v) is 9.88. The lowest BCUT2D eigenvalue weighted by atomic mass is 10.0. The first-order valence-electron chi connectivity index (χ1n) is 8.02. The molecular formula is C16H23N5O2S2. The maximum atomic E-state index is 12.3. The van der Waals surface area contributed by atoms with Gasteiger partial charge in [0.1, 0.15) is 11.4 Å². The van der Waals surface area contributed by atoms with Crippen molar-refractivity contribution in [2.24, 2.45) is 0 Å². The smallest absolute Gasteiger partial charge is 0.262 e. The first kappa shape index (κ1) is 19.5. The highest BCUT2D eigenvalue weighted by Gasteiger charge is 2.29. The molecule has 0 saturated heterocycles. The van der Waals surface area contributed by atoms with Gasteiger partial charge < -0.3 is 15.2 Å². The van der Waals surface area contributed by atoms with Gasteiger partial charge >= 0.3 is 0 Å². The molecule has 0 aliphatic heterocycles. The minimum Gasteiger partial charge on any atom is -0.353 e. The van der Waals surface area contributed by atoms with E-state index in [-0.39, 0.29) is 11.8 Å². The van der Waals surface area contributed by atoms with Crippen molar-refractivity contribution >= 4 is 34.9 Å². The number of hydrogen-bond acceptors (Lipinski definition) is 6. The zero-order valence-corrected chi connectivity index (χ0v) is 16.5. The summed E-state index contributed by atoms with van der Waals surface area (Å²) in [6.45, 7) is 8.64. The van der Waals surface area contributed by atoms with Crippen molar-refractivity contribution in [1.82, 2.24) is 25.4 Å². The van der Waals surface area contributed by atoms with Crippen LogP contribution in [0.5, 0.6) is 0 Å². The monoisotopic (exact) mass is 381 g/mol. The molecule has 0 saturated carbocycles. The summed E-state index contributed by atoms with van der Waals surface area (Å²) in [7, 11) is 0. The molecule has 136 valence electrons. The van der Waals surface area contributed by atoms with Crippen molar-refractivity contribution in [3.05, 3.63) is 28.2 Å². The number of aromatic nitrogens is 3. The fourth-order valence-electron chi connectivity index (χ4n) is 2.17. The molecule has 0 radical (unpaired) electrons. The number of nitrogens with zero attached hydrogens (tertiary/aromatic N) is 3. The van der Waals surface area contributed by atoms with Gasteiger partial charge in [-0.1, -0.05) is 17.8 Å². The molecule has 0 atom stereocenters. The zero-order chi connectivity index (χ0) is 18.4. The number of thioether (sulfide) groups is 1. The van der Waals surface area contributed by atoms with Crippen LogP contribution in [0, 0.1) is 6.92 Å². The van der Waals surface area contributed by atoms with Crippen LogP contribution < -0.4 is 10.6 Å². The number of aryl methyl sites for hydroxylation is 1. The molecule has 25 heavy (non-hydrogen) atoms. The van der Waals surface area contributed by atoms with E-state index in [1.807, 2.05) is 23.8 Å². The molecule has 7 nitrogen and oxygen atoms in total. The lowest BCUT2D eigenvalue weighted by Crippen LogP contribution is -2.54. The average Bonchev–Trinajstić information content (AvgIpc) is 3.20. The van der Waals surface area contributed by atoms with Gasteiger partial charge in [-0.15, -0.1) is 21.5 Å². The topological polar surface area (TPSA) is 88.9 Å². The lowest BCUT2D eigenvalue weighted by molar-refractivity contribution is -0.126. The third-order valence-corrected chi connectivity index (χ3v) is 5.41. The van der Waals surface area contributed by atoms with Crippen LogP contribution in [0.4, 0.5) is 0 Å². The van der Waals surface area contributed by atoms with Crippen LogP contribution in [0.25, 0.3) is 0 Å². The summed E-state index contributed by atoms with van der Waals surface area (Å²) in [5.41, 5.74) is -0.980. The Hall–Kier alpha value is -1.87. The van der Waals surface area contributed by atoms with Gasteiger partial charge in [0.05, 0.1) is 4.88 Å². The van der Waals surface area contributed by atoms with Crippen molar-refractivity contribution < 1.29 is 9.59 Å². The van der Waals surface area contributed by atoms with Gasteiger partial charge in [-0.3, -0.25) is 9.59 Å². The fourth-order valence-corrected chi connectivity index (χ4v) is 3.69. The third-order valence-electron chi connectivity index (χ3n) is 3.58. The number of thiophene rings is 1. The summed E-state index contributed by atoms with van der Waals surface area (Å²) in [5, 5.41) is 16.5. The maximum absolute atomic E-state index is 12.3. The van der Waals surface area contributed by atoms with Gasteiger partial charge in [-0.05, 0) is 39.1 Å². The summed E-state index contributed by atoms with van der Waals surface area (Å²) in [5.74, 6) is 1.10. The van der Waals surface area contributed by atoms with Crippen LogP contribution in [-0.2, 0) is 11.3 Å². The second-order valence-electron chi connectivity index (χ2n) is 5.93. The maximum Gasteiger partial charge on any atom is 0.262 e. The van der Waals surface area contributed by atoms with Crippen molar-refractivity contribution in [3.8, 4) is 0 Å². The first-order chi connectivity index (χ1) is 11.8. The molecule has 9 heteroatoms. The number of carbonyl (C=O) groups is 2. The molecule has 0 aliphatic carbocycles. The highest BCUT2D eigenvalue weighted by molar-refractivity contribution is 7.99. The van der Waals surface area contributed by atoms with E-state index in [4.69, 9.17) is 0 Å². The molecule has 2 rings (SSSR count). The number of hydrogen-bond donors (Lipinski definition) is 2. The number of carbonyl (C=O) groups excluding carboxylic acids is 2. The summed E-state index contributed by atoms with van der Waals surface area (Å²) in [6, 6.07) is 3.54. The molecule has 2 aromatic rings. The minimum atomic E-state index is -0.980. The molecule has 0 unspecified atom stereocenters. The third kappa shape index (κ3) is 5.05. The fraction of sp³-hybridized carbons (Fsp3) is 0.500. The minimum absolute atomic E-state index is 0.217. The van der Waals surface area contributed by atoms with E-state index >= 15 is 0 Å². The number of amides is 2. The number of nitrogens with one attached hydrogen (secondary N) is 2. The van der Waals surface area contributed by atoms with Gasteiger partial charge in [-0.2, -0.15) is 0 Å². The van der Waals surface area contributed by atoms with Crippen LogP contribution in [-0.4, -0.2) is 44.4 Å². The Morgan fingerprint density at radius 1 is 1.36 bits per heavy atom. The normalized spacial score (nSPS) is 11.4. The molecule has 2 N–H and O–H groups in total. The molecule has 2 heterocycles. The highest BCUT2D eigenvalue weighted by Crippen LogP contribution is 2.16. The molecular weight excluding hydrogens is 358 g/mol. The zero-order valence-electron chi connectivity index (χ0n) is 14.8. The second kappa shape index (κ2) is 8.48. The van der Waals surface area contributed by atoms with E-state index in [1.165, 1.54) is 11.3 Å². The lowest BCUT2D eigenvalue weighted by Gasteiger charge is -2.24. The summed E-state index contributed by atoms with van der Waals surface area (Å²) in [4.78, 5) is 25.0. The van der Waals surface area contributed by atoms with E-state index in [0.717, 1.165) is 17.5 Å². The van der Waals surface area contributed by atoms with E-state index in [9.17, 15) is 9.59 Å². The molecule has 0 spiro atoms. The Bertz CT molecular complexity index is 725. The Kier molecular flexibility index (Phi) is 6.60. The van der Waals surface area contributed by atoms with Crippen molar-refractivity contribution in [2.75, 3.05) is 12.3 Å². The summed E-state index contributed by atoms with van der Waals surface area (Å²) in [6.07, 6.45) is 0. The Morgan fingerprint density at radius 2 is 2.12 bits per heavy atom. The van der Waals surface area contributed by atoms with E-state index in [0.29, 0.717) is 17.2 Å². The predicted octanol–water partition coefficient (Wildman–Crippen LogP) is 2.08. The van der Waals surface area contributed by atoms with Crippen LogP contribution in [0.15, 0.2) is 22.7 Å². The molecule has 2 aromatic heterocycles. The van der Waals surface area contributed by atoms with Crippen molar-refractivity contribution in [1.29, 1.82) is 0 Å². The molecule has 0 aliphatic rings. The van der Waals surface area contributed by atoms with Crippen molar-refractivity contribution in [2.45, 2.75) is 44.9 Å². The average molecular weight is 382 g/mol. The van der Waals surface area contributed by atoms with Gasteiger partial charge in [0.2, 0.25) is 5.91 Å². The Labute approximate surface area is 155 Å². The van der Waals surface area contributed by atoms with Crippen LogP contribution in [0.2, 0.25) is 0 Å². The standard InChI is InChI=1S/C16H23N5O2S2/c1-5-21-11(2)19-20-15(21)25-10-8-17-14(23)16(3,4)18-13(22)12-7-6-9-24-12/h6-7,9H,5,8,10H2,1-4H3,(H,17,23)(H,18,22). The van der Waals surface area contributed by atoms with E-state index in [1.54, 1.807) is 37.7 Å². The van der Waals surface area contributed by atoms with Gasteiger partial charge in [0, 0.05) is 18.8 Å². The largest absolute Gasteiger partial charge is 0.353 e. The molecule has 0 fully saturated rings. The SMILES string of the molecule is CCn1c(C)nnc1SCCNC(=O)C(C)(C)NC(=O)c1cccs1. The quantitative estimate of drug-likeness (QED) is 0.540. The Balaban J connectivity index is 1.79. The van der Waals surface area contributed by atoms with Gasteiger partial charge in [-0.25, -0.2) is 0 Å². The Morgan fingerprint density at radius 3 is 2.76 bits per heavy atom. The van der Waals surface area contributed by atoms with E-state index in [2.05, 4.69) is 20.8 Å². The van der Waals surface area contributed by atoms with Gasteiger partial charge in [0.15, 0.2) is 5.16 Å². The summed E-state index contributed by atoms with van der Waals surface area (Å²) < 4.78 is 2.03. The molecule has 0 bridgehead atoms. The van der Waals surface area contributed by atoms with Crippen LogP contribution >= 0.6 is 23.1 Å². The van der Waals surface area contributed by atoms with Gasteiger partial charge in [0.25, 0.3) is 5.91 Å². The van der Waals surface area contributed by atoms with E-state index < -0.39 is 5.54 Å². The molecule has 2 amide bonds.